The molecule has 2 rings (SSSR count). The Kier molecular flexibility index (Phi) is 4.39. The number of nitrogens with one attached hydrogen (secondary N) is 1. The molecule has 118 valence electrons. The lowest BCUT2D eigenvalue weighted by atomic mass is 10.1. The first-order valence-electron chi connectivity index (χ1n) is 6.84. The van der Waals surface area contributed by atoms with Gasteiger partial charge in [0.2, 0.25) is 11.8 Å². The summed E-state index contributed by atoms with van der Waals surface area (Å²) < 4.78 is 13.1. The Morgan fingerprint density at radius 1 is 1.50 bits per heavy atom. The zero-order chi connectivity index (χ0) is 16.4. The molecule has 22 heavy (non-hydrogen) atoms. The highest BCUT2D eigenvalue weighted by molar-refractivity contribution is 5.98. The van der Waals surface area contributed by atoms with Crippen molar-refractivity contribution in [2.75, 3.05) is 11.9 Å². The number of rotatable bonds is 4. The Morgan fingerprint density at radius 3 is 2.73 bits per heavy atom. The SMILES string of the molecule is CC(C)N1C[C@H](C(=O)Nc2ccc(F)cc2[N+](=O)[O-])CC1=O. The molecule has 1 aliphatic rings. The Balaban J connectivity index is 2.14. The fraction of sp³-hybridized carbons (Fsp3) is 0.429. The van der Waals surface area contributed by atoms with Gasteiger partial charge in [0, 0.05) is 19.0 Å². The predicted octanol–water partition coefficient (Wildman–Crippen LogP) is 1.93. The summed E-state index contributed by atoms with van der Waals surface area (Å²) in [6.07, 6.45) is 0.0685. The normalized spacial score (nSPS) is 17.9. The Bertz CT molecular complexity index is 633. The van der Waals surface area contributed by atoms with Gasteiger partial charge in [0.25, 0.3) is 5.69 Å². The summed E-state index contributed by atoms with van der Waals surface area (Å²) in [5, 5.41) is 13.3. The fourth-order valence-electron chi connectivity index (χ4n) is 2.40. The van der Waals surface area contributed by atoms with E-state index in [0.717, 1.165) is 18.2 Å². The summed E-state index contributed by atoms with van der Waals surface area (Å²) >= 11 is 0. The topological polar surface area (TPSA) is 92.6 Å². The van der Waals surface area contributed by atoms with Crippen molar-refractivity contribution in [2.24, 2.45) is 5.92 Å². The highest BCUT2D eigenvalue weighted by Crippen LogP contribution is 2.27. The van der Waals surface area contributed by atoms with E-state index in [0.29, 0.717) is 0 Å². The first kappa shape index (κ1) is 15.9. The standard InChI is InChI=1S/C14H16FN3O4/c1-8(2)17-7-9(5-13(17)19)14(20)16-11-4-3-10(15)6-12(11)18(21)22/h3-4,6,8-9H,5,7H2,1-2H3,(H,16,20)/t9-/m1/s1. The molecule has 0 aromatic heterocycles. The van der Waals surface area contributed by atoms with Gasteiger partial charge >= 0.3 is 0 Å². The first-order valence-corrected chi connectivity index (χ1v) is 6.84. The number of nitro benzene ring substituents is 1. The molecule has 1 fully saturated rings. The van der Waals surface area contributed by atoms with E-state index >= 15 is 0 Å². The number of likely N-dealkylation sites (tertiary alicyclic amines) is 1. The van der Waals surface area contributed by atoms with Gasteiger partial charge in [0.1, 0.15) is 11.5 Å². The smallest absolute Gasteiger partial charge is 0.295 e. The quantitative estimate of drug-likeness (QED) is 0.679. The van der Waals surface area contributed by atoms with Gasteiger partial charge in [-0.25, -0.2) is 4.39 Å². The molecule has 0 spiro atoms. The molecule has 1 atom stereocenters. The second-order valence-corrected chi connectivity index (χ2v) is 5.45. The molecule has 1 aromatic rings. The molecule has 8 heteroatoms. The largest absolute Gasteiger partial charge is 0.339 e. The van der Waals surface area contributed by atoms with Crippen molar-refractivity contribution < 1.29 is 18.9 Å². The molecule has 0 unspecified atom stereocenters. The lowest BCUT2D eigenvalue weighted by Gasteiger charge is -2.20. The number of carbonyl (C=O) groups excluding carboxylic acids is 2. The Hall–Kier alpha value is -2.51. The molecule has 1 N–H and O–H groups in total. The minimum atomic E-state index is -0.765. The minimum absolute atomic E-state index is 0.00884. The number of benzene rings is 1. The third-order valence-electron chi connectivity index (χ3n) is 3.57. The number of hydrogen-bond donors (Lipinski definition) is 1. The molecule has 0 bridgehead atoms. The number of halogens is 1. The van der Waals surface area contributed by atoms with Gasteiger partial charge in [-0.15, -0.1) is 0 Å². The van der Waals surface area contributed by atoms with Crippen LogP contribution in [0.2, 0.25) is 0 Å². The van der Waals surface area contributed by atoms with Crippen molar-refractivity contribution in [3.8, 4) is 0 Å². The van der Waals surface area contributed by atoms with Crippen molar-refractivity contribution in [2.45, 2.75) is 26.3 Å². The molecule has 1 saturated heterocycles. The summed E-state index contributed by atoms with van der Waals surface area (Å²) in [7, 11) is 0. The van der Waals surface area contributed by atoms with Gasteiger partial charge in [-0.05, 0) is 26.0 Å². The number of hydrogen-bond acceptors (Lipinski definition) is 4. The molecule has 1 aliphatic heterocycles. The van der Waals surface area contributed by atoms with Crippen molar-refractivity contribution in [3.63, 3.8) is 0 Å². The molecule has 1 aromatic carbocycles. The number of carbonyl (C=O) groups is 2. The van der Waals surface area contributed by atoms with Crippen LogP contribution in [0.1, 0.15) is 20.3 Å². The van der Waals surface area contributed by atoms with Gasteiger partial charge < -0.3 is 10.2 Å². The fourth-order valence-corrected chi connectivity index (χ4v) is 2.40. The van der Waals surface area contributed by atoms with Crippen LogP contribution in [0, 0.1) is 21.8 Å². The van der Waals surface area contributed by atoms with E-state index in [1.807, 2.05) is 13.8 Å². The van der Waals surface area contributed by atoms with E-state index in [4.69, 9.17) is 0 Å². The molecular formula is C14H16FN3O4. The van der Waals surface area contributed by atoms with E-state index in [-0.39, 0.29) is 30.6 Å². The van der Waals surface area contributed by atoms with Gasteiger partial charge in [-0.3, -0.25) is 19.7 Å². The van der Waals surface area contributed by atoms with Crippen molar-refractivity contribution in [3.05, 3.63) is 34.1 Å². The molecular weight excluding hydrogens is 293 g/mol. The monoisotopic (exact) mass is 309 g/mol. The van der Waals surface area contributed by atoms with Gasteiger partial charge in [0.05, 0.1) is 16.9 Å². The predicted molar refractivity (Wildman–Crippen MR) is 76.6 cm³/mol. The molecule has 7 nitrogen and oxygen atoms in total. The van der Waals surface area contributed by atoms with Crippen LogP contribution in [0.4, 0.5) is 15.8 Å². The average Bonchev–Trinajstić information content (AvgIpc) is 2.83. The number of anilines is 1. The van der Waals surface area contributed by atoms with Crippen LogP contribution in [0.15, 0.2) is 18.2 Å². The van der Waals surface area contributed by atoms with Gasteiger partial charge in [0.15, 0.2) is 0 Å². The van der Waals surface area contributed by atoms with Crippen LogP contribution in [0.25, 0.3) is 0 Å². The molecule has 0 aliphatic carbocycles. The second kappa shape index (κ2) is 6.08. The highest BCUT2D eigenvalue weighted by atomic mass is 19.1. The Labute approximate surface area is 126 Å². The molecule has 1 heterocycles. The van der Waals surface area contributed by atoms with Gasteiger partial charge in [-0.1, -0.05) is 0 Å². The van der Waals surface area contributed by atoms with Crippen molar-refractivity contribution in [1.82, 2.24) is 4.90 Å². The van der Waals surface area contributed by atoms with Crippen LogP contribution >= 0.6 is 0 Å². The van der Waals surface area contributed by atoms with Crippen molar-refractivity contribution in [1.29, 1.82) is 0 Å². The minimum Gasteiger partial charge on any atom is -0.339 e. The molecule has 2 amide bonds. The lowest BCUT2D eigenvalue weighted by Crippen LogP contribution is -2.33. The summed E-state index contributed by atoms with van der Waals surface area (Å²) in [4.78, 5) is 35.7. The summed E-state index contributed by atoms with van der Waals surface area (Å²) in [6.45, 7) is 3.98. The maximum Gasteiger partial charge on any atom is 0.295 e. The van der Waals surface area contributed by atoms with Crippen LogP contribution in [0.5, 0.6) is 0 Å². The van der Waals surface area contributed by atoms with Crippen LogP contribution in [0.3, 0.4) is 0 Å². The third kappa shape index (κ3) is 3.21. The Morgan fingerprint density at radius 2 is 2.18 bits per heavy atom. The average molecular weight is 309 g/mol. The summed E-state index contributed by atoms with van der Waals surface area (Å²) in [5.41, 5.74) is -0.592. The zero-order valence-corrected chi connectivity index (χ0v) is 12.2. The lowest BCUT2D eigenvalue weighted by molar-refractivity contribution is -0.384. The number of nitrogens with zero attached hydrogens (tertiary/aromatic N) is 2. The van der Waals surface area contributed by atoms with E-state index in [1.165, 1.54) is 0 Å². The third-order valence-corrected chi connectivity index (χ3v) is 3.57. The van der Waals surface area contributed by atoms with Crippen molar-refractivity contribution >= 4 is 23.2 Å². The summed E-state index contributed by atoms with van der Waals surface area (Å²) in [6, 6.07) is 2.91. The van der Waals surface area contributed by atoms with Gasteiger partial charge in [-0.2, -0.15) is 0 Å². The maximum absolute atomic E-state index is 13.1. The second-order valence-electron chi connectivity index (χ2n) is 5.45. The van der Waals surface area contributed by atoms with E-state index in [1.54, 1.807) is 4.90 Å². The summed E-state index contributed by atoms with van der Waals surface area (Å²) in [5.74, 6) is -1.93. The zero-order valence-electron chi connectivity index (χ0n) is 12.2. The molecule has 0 radical (unpaired) electrons. The number of amides is 2. The van der Waals surface area contributed by atoms with Crippen LogP contribution in [-0.2, 0) is 9.59 Å². The number of nitro groups is 1. The van der Waals surface area contributed by atoms with Crippen LogP contribution < -0.4 is 5.32 Å². The maximum atomic E-state index is 13.1. The van der Waals surface area contributed by atoms with E-state index in [2.05, 4.69) is 5.32 Å². The first-order chi connectivity index (χ1) is 10.3. The molecule has 0 saturated carbocycles. The highest BCUT2D eigenvalue weighted by Gasteiger charge is 2.36. The van der Waals surface area contributed by atoms with Crippen LogP contribution in [-0.4, -0.2) is 34.2 Å². The van der Waals surface area contributed by atoms with E-state index < -0.39 is 28.3 Å². The van der Waals surface area contributed by atoms with E-state index in [9.17, 15) is 24.1 Å².